The molecule has 1 aliphatic rings. The predicted molar refractivity (Wildman–Crippen MR) is 135 cm³/mol. The second-order valence-electron chi connectivity index (χ2n) is 8.58. The number of thiophene rings is 1. The van der Waals surface area contributed by atoms with Gasteiger partial charge >= 0.3 is 0 Å². The molecule has 3 heterocycles. The van der Waals surface area contributed by atoms with Crippen molar-refractivity contribution in [3.05, 3.63) is 49.9 Å². The van der Waals surface area contributed by atoms with E-state index in [2.05, 4.69) is 22.1 Å². The Hall–Kier alpha value is -2.18. The first-order chi connectivity index (χ1) is 16.3. The maximum Gasteiger partial charge on any atom is 0.254 e. The average Bonchev–Trinajstić information content (AvgIpc) is 3.30. The molecule has 1 N–H and O–H groups in total. The summed E-state index contributed by atoms with van der Waals surface area (Å²) in [6.45, 7) is 6.74. The van der Waals surface area contributed by atoms with Gasteiger partial charge in [0.2, 0.25) is 5.91 Å². The van der Waals surface area contributed by atoms with Gasteiger partial charge in [0.15, 0.2) is 0 Å². The van der Waals surface area contributed by atoms with E-state index in [-0.39, 0.29) is 40.6 Å². The fourth-order valence-corrected chi connectivity index (χ4v) is 5.62. The molecule has 2 aromatic rings. The molecule has 1 atom stereocenters. The van der Waals surface area contributed by atoms with Crippen molar-refractivity contribution < 1.29 is 9.59 Å². The quantitative estimate of drug-likeness (QED) is 0.484. The number of rotatable bonds is 9. The highest BCUT2D eigenvalue weighted by Crippen LogP contribution is 2.23. The lowest BCUT2D eigenvalue weighted by molar-refractivity contribution is -0.134. The number of nitrogens with one attached hydrogen (secondary N) is 1. The standard InChI is InChI=1S/C24H29Cl2N5O2S/c1-16-13-20(25)29-23(26)22(16)24(33)28-9-4-17(2)30-10-5-19(6-11-30)31(21(32)3-8-27)14-18-7-12-34-15-18/h7,12-13,15,17,19H,3-6,9-11,14H2,1-2H3,(H,28,33). The normalized spacial score (nSPS) is 15.5. The van der Waals surface area contributed by atoms with Gasteiger partial charge in [-0.1, -0.05) is 23.2 Å². The van der Waals surface area contributed by atoms with Crippen molar-refractivity contribution in [1.82, 2.24) is 20.1 Å². The lowest BCUT2D eigenvalue weighted by Gasteiger charge is -2.40. The summed E-state index contributed by atoms with van der Waals surface area (Å²) in [4.78, 5) is 33.4. The minimum atomic E-state index is -0.252. The van der Waals surface area contributed by atoms with Crippen LogP contribution in [-0.2, 0) is 11.3 Å². The number of nitrogens with zero attached hydrogens (tertiary/aromatic N) is 4. The first-order valence-corrected chi connectivity index (χ1v) is 13.0. The van der Waals surface area contributed by atoms with E-state index in [9.17, 15) is 9.59 Å². The number of aromatic nitrogens is 1. The fourth-order valence-electron chi connectivity index (χ4n) is 4.34. The SMILES string of the molecule is Cc1cc(Cl)nc(Cl)c1C(=O)NCCC(C)N1CCC(N(Cc2ccsc2)C(=O)CC#N)CC1. The zero-order valence-electron chi connectivity index (χ0n) is 19.4. The number of likely N-dealkylation sites (tertiary alicyclic amines) is 1. The van der Waals surface area contributed by atoms with Gasteiger partial charge in [-0.2, -0.15) is 16.6 Å². The van der Waals surface area contributed by atoms with E-state index < -0.39 is 0 Å². The Balaban J connectivity index is 1.49. The van der Waals surface area contributed by atoms with Crippen LogP contribution in [0.25, 0.3) is 0 Å². The monoisotopic (exact) mass is 521 g/mol. The van der Waals surface area contributed by atoms with Crippen molar-refractivity contribution in [3.8, 4) is 6.07 Å². The van der Waals surface area contributed by atoms with Gasteiger partial charge in [-0.25, -0.2) is 4.98 Å². The van der Waals surface area contributed by atoms with Crippen LogP contribution in [0, 0.1) is 18.3 Å². The number of nitriles is 1. The Morgan fingerprint density at radius 3 is 2.74 bits per heavy atom. The van der Waals surface area contributed by atoms with E-state index in [0.717, 1.165) is 37.9 Å². The molecular formula is C24H29Cl2N5O2S. The molecule has 1 fully saturated rings. The number of halogens is 2. The molecule has 1 saturated heterocycles. The number of hydrogen-bond donors (Lipinski definition) is 1. The minimum Gasteiger partial charge on any atom is -0.352 e. The molecular weight excluding hydrogens is 493 g/mol. The van der Waals surface area contributed by atoms with Gasteiger partial charge < -0.3 is 15.1 Å². The number of hydrogen-bond acceptors (Lipinski definition) is 6. The first-order valence-electron chi connectivity index (χ1n) is 11.3. The lowest BCUT2D eigenvalue weighted by atomic mass is 10.00. The van der Waals surface area contributed by atoms with Crippen LogP contribution in [0.1, 0.15) is 54.1 Å². The van der Waals surface area contributed by atoms with Gasteiger partial charge in [0, 0.05) is 38.3 Å². The molecule has 1 unspecified atom stereocenters. The van der Waals surface area contributed by atoms with Crippen molar-refractivity contribution in [3.63, 3.8) is 0 Å². The van der Waals surface area contributed by atoms with Crippen LogP contribution in [0.3, 0.4) is 0 Å². The van der Waals surface area contributed by atoms with E-state index in [0.29, 0.717) is 24.2 Å². The number of amides is 2. The summed E-state index contributed by atoms with van der Waals surface area (Å²) in [6, 6.07) is 6.05. The highest BCUT2D eigenvalue weighted by atomic mass is 35.5. The molecule has 0 radical (unpaired) electrons. The van der Waals surface area contributed by atoms with Crippen molar-refractivity contribution in [1.29, 1.82) is 5.26 Å². The van der Waals surface area contributed by atoms with E-state index in [1.165, 1.54) is 0 Å². The van der Waals surface area contributed by atoms with Crippen molar-refractivity contribution in [2.45, 2.75) is 58.2 Å². The molecule has 10 heteroatoms. The lowest BCUT2D eigenvalue weighted by Crippen LogP contribution is -2.49. The van der Waals surface area contributed by atoms with Gasteiger partial charge in [0.05, 0.1) is 11.6 Å². The van der Waals surface area contributed by atoms with Gasteiger partial charge in [-0.3, -0.25) is 9.59 Å². The van der Waals surface area contributed by atoms with Crippen LogP contribution in [-0.4, -0.2) is 58.3 Å². The van der Waals surface area contributed by atoms with Crippen molar-refractivity contribution >= 4 is 46.4 Å². The van der Waals surface area contributed by atoms with Crippen LogP contribution in [0.5, 0.6) is 0 Å². The summed E-state index contributed by atoms with van der Waals surface area (Å²) in [6.07, 6.45) is 2.43. The second-order valence-corrected chi connectivity index (χ2v) is 10.1. The molecule has 1 aliphatic heterocycles. The molecule has 182 valence electrons. The predicted octanol–water partition coefficient (Wildman–Crippen LogP) is 4.67. The molecule has 0 spiro atoms. The van der Waals surface area contributed by atoms with Crippen LogP contribution >= 0.6 is 34.5 Å². The van der Waals surface area contributed by atoms with E-state index in [1.54, 1.807) is 24.3 Å². The van der Waals surface area contributed by atoms with Gasteiger partial charge in [0.1, 0.15) is 16.7 Å². The highest BCUT2D eigenvalue weighted by Gasteiger charge is 2.29. The molecule has 7 nitrogen and oxygen atoms in total. The topological polar surface area (TPSA) is 89.3 Å². The van der Waals surface area contributed by atoms with Crippen LogP contribution in [0.2, 0.25) is 10.3 Å². The van der Waals surface area contributed by atoms with Crippen LogP contribution < -0.4 is 5.32 Å². The Labute approximate surface area is 214 Å². The van der Waals surface area contributed by atoms with Crippen molar-refractivity contribution in [2.75, 3.05) is 19.6 Å². The summed E-state index contributed by atoms with van der Waals surface area (Å²) in [5.41, 5.74) is 2.15. The van der Waals surface area contributed by atoms with E-state index in [1.807, 2.05) is 27.8 Å². The average molecular weight is 523 g/mol. The van der Waals surface area contributed by atoms with Crippen molar-refractivity contribution in [2.24, 2.45) is 0 Å². The third-order valence-corrected chi connectivity index (χ3v) is 7.46. The molecule has 0 aliphatic carbocycles. The summed E-state index contributed by atoms with van der Waals surface area (Å²) in [5.74, 6) is -0.355. The third kappa shape index (κ3) is 6.92. The smallest absolute Gasteiger partial charge is 0.254 e. The number of carbonyl (C=O) groups excluding carboxylic acids is 2. The van der Waals surface area contributed by atoms with Gasteiger partial charge in [0.25, 0.3) is 5.91 Å². The van der Waals surface area contributed by atoms with Gasteiger partial charge in [-0.05, 0) is 67.1 Å². The molecule has 3 rings (SSSR count). The molecule has 0 bridgehead atoms. The minimum absolute atomic E-state index is 0.0902. The maximum atomic E-state index is 12.6. The second kappa shape index (κ2) is 12.5. The largest absolute Gasteiger partial charge is 0.352 e. The molecule has 2 aromatic heterocycles. The number of aryl methyl sites for hydroxylation is 1. The third-order valence-electron chi connectivity index (χ3n) is 6.26. The Morgan fingerprint density at radius 1 is 1.38 bits per heavy atom. The van der Waals surface area contributed by atoms with E-state index in [4.69, 9.17) is 28.5 Å². The molecule has 34 heavy (non-hydrogen) atoms. The maximum absolute atomic E-state index is 12.6. The van der Waals surface area contributed by atoms with Crippen LogP contribution in [0.15, 0.2) is 22.9 Å². The highest BCUT2D eigenvalue weighted by molar-refractivity contribution is 7.07. The summed E-state index contributed by atoms with van der Waals surface area (Å²) >= 11 is 13.6. The fraction of sp³-hybridized carbons (Fsp3) is 0.500. The molecule has 0 aromatic carbocycles. The Bertz CT molecular complexity index is 1010. The van der Waals surface area contributed by atoms with E-state index >= 15 is 0 Å². The van der Waals surface area contributed by atoms with Gasteiger partial charge in [-0.15, -0.1) is 0 Å². The Morgan fingerprint density at radius 2 is 2.12 bits per heavy atom. The zero-order valence-corrected chi connectivity index (χ0v) is 21.7. The van der Waals surface area contributed by atoms with Crippen LogP contribution in [0.4, 0.5) is 0 Å². The molecule has 0 saturated carbocycles. The Kier molecular flexibility index (Phi) is 9.72. The zero-order chi connectivity index (χ0) is 24.7. The molecule has 2 amide bonds. The summed E-state index contributed by atoms with van der Waals surface area (Å²) < 4.78 is 0. The number of carbonyl (C=O) groups is 2. The number of pyridine rings is 1. The number of piperidine rings is 1. The summed E-state index contributed by atoms with van der Waals surface area (Å²) in [5, 5.41) is 16.4. The summed E-state index contributed by atoms with van der Waals surface area (Å²) in [7, 11) is 0. The first kappa shape index (κ1) is 26.4.